The number of anilines is 2. The average molecular weight is 466 g/mol. The number of methoxy groups -OCH3 is 1. The number of hydrogen-bond donors (Lipinski definition) is 3. The molecule has 0 heterocycles. The first-order valence-corrected chi connectivity index (χ1v) is 10.5. The third-order valence-electron chi connectivity index (χ3n) is 4.57. The molecule has 0 unspecified atom stereocenters. The van der Waals surface area contributed by atoms with Crippen LogP contribution in [-0.4, -0.2) is 25.6 Å². The van der Waals surface area contributed by atoms with Gasteiger partial charge >= 0.3 is 6.03 Å². The number of benzene rings is 3. The van der Waals surface area contributed by atoms with Crippen LogP contribution in [0.3, 0.4) is 0 Å². The van der Waals surface area contributed by atoms with Gasteiger partial charge in [0.1, 0.15) is 6.61 Å². The molecule has 0 saturated carbocycles. The maximum Gasteiger partial charge on any atom is 0.319 e. The summed E-state index contributed by atoms with van der Waals surface area (Å²) >= 11 is 6.17. The summed E-state index contributed by atoms with van der Waals surface area (Å²) in [6.07, 6.45) is 1.59. The zero-order chi connectivity index (χ0) is 23.6. The number of rotatable bonds is 9. The van der Waals surface area contributed by atoms with Crippen molar-refractivity contribution in [3.8, 4) is 11.5 Å². The molecule has 3 rings (SSSR count). The highest BCUT2D eigenvalue weighted by molar-refractivity contribution is 6.31. The highest BCUT2D eigenvalue weighted by Gasteiger charge is 2.12. The third-order valence-corrected chi connectivity index (χ3v) is 4.94. The number of halogens is 1. The number of ether oxygens (including phenoxy) is 2. The Morgan fingerprint density at radius 3 is 2.33 bits per heavy atom. The van der Waals surface area contributed by atoms with E-state index in [0.29, 0.717) is 40.0 Å². The Bertz CT molecular complexity index is 1130. The predicted molar refractivity (Wildman–Crippen MR) is 130 cm³/mol. The normalized spacial score (nSPS) is 10.1. The highest BCUT2D eigenvalue weighted by atomic mass is 35.5. The molecule has 0 saturated heterocycles. The smallest absolute Gasteiger partial charge is 0.319 e. The molecule has 3 N–H and O–H groups in total. The average Bonchev–Trinajstić information content (AvgIpc) is 2.83. The molecular weight excluding hydrogens is 442 g/mol. The van der Waals surface area contributed by atoms with Gasteiger partial charge in [-0.05, 0) is 48.5 Å². The van der Waals surface area contributed by atoms with Gasteiger partial charge in [-0.25, -0.2) is 4.79 Å². The van der Waals surface area contributed by atoms with Gasteiger partial charge in [0.05, 0.1) is 7.11 Å². The second-order valence-corrected chi connectivity index (χ2v) is 7.31. The molecule has 3 aromatic carbocycles. The van der Waals surface area contributed by atoms with Crippen molar-refractivity contribution >= 4 is 34.9 Å². The van der Waals surface area contributed by atoms with E-state index < -0.39 is 0 Å². The molecule has 3 amide bonds. The Balaban J connectivity index is 1.62. The fourth-order valence-electron chi connectivity index (χ4n) is 2.88. The first-order chi connectivity index (χ1) is 16.0. The first kappa shape index (κ1) is 23.7. The lowest BCUT2D eigenvalue weighted by atomic mass is 10.1. The van der Waals surface area contributed by atoms with Crippen LogP contribution in [0.2, 0.25) is 5.02 Å². The van der Waals surface area contributed by atoms with Crippen LogP contribution in [0.4, 0.5) is 16.2 Å². The fourth-order valence-corrected chi connectivity index (χ4v) is 3.07. The number of amides is 3. The number of urea groups is 1. The lowest BCUT2D eigenvalue weighted by Crippen LogP contribution is -2.28. The molecule has 3 aromatic rings. The van der Waals surface area contributed by atoms with E-state index in [2.05, 4.69) is 22.5 Å². The topological polar surface area (TPSA) is 88.7 Å². The van der Waals surface area contributed by atoms with Crippen LogP contribution in [0.25, 0.3) is 0 Å². The minimum Gasteiger partial charge on any atom is -0.493 e. The van der Waals surface area contributed by atoms with Gasteiger partial charge in [-0.1, -0.05) is 35.9 Å². The molecule has 0 fully saturated rings. The summed E-state index contributed by atoms with van der Waals surface area (Å²) < 4.78 is 11.2. The van der Waals surface area contributed by atoms with E-state index in [1.54, 1.807) is 54.6 Å². The van der Waals surface area contributed by atoms with Crippen LogP contribution < -0.4 is 25.4 Å². The molecule has 0 atom stereocenters. The van der Waals surface area contributed by atoms with Gasteiger partial charge in [0.2, 0.25) is 0 Å². The Labute approximate surface area is 197 Å². The van der Waals surface area contributed by atoms with E-state index in [1.807, 2.05) is 18.2 Å². The molecule has 170 valence electrons. The molecule has 0 aliphatic carbocycles. The van der Waals surface area contributed by atoms with E-state index in [4.69, 9.17) is 21.1 Å². The standard InChI is InChI=1S/C25H24ClN3O4/c1-3-14-27-25(31)29-20-11-9-19(10-12-20)28-24(30)17-8-13-22(23(15-17)32-2)33-16-18-6-4-5-7-21(18)26/h3-13,15H,1,14,16H2,2H3,(H,28,30)(H2,27,29,31). The molecule has 7 nitrogen and oxygen atoms in total. The summed E-state index contributed by atoms with van der Waals surface area (Å²) in [5.41, 5.74) is 2.42. The molecule has 0 bridgehead atoms. The number of carbonyl (C=O) groups excluding carboxylic acids is 2. The minimum atomic E-state index is -0.337. The summed E-state index contributed by atoms with van der Waals surface area (Å²) in [7, 11) is 1.51. The largest absolute Gasteiger partial charge is 0.493 e. The van der Waals surface area contributed by atoms with Crippen LogP contribution in [0.1, 0.15) is 15.9 Å². The summed E-state index contributed by atoms with van der Waals surface area (Å²) in [5.74, 6) is 0.620. The summed E-state index contributed by atoms with van der Waals surface area (Å²) in [4.78, 5) is 24.4. The summed E-state index contributed by atoms with van der Waals surface area (Å²) in [6.45, 7) is 4.18. The zero-order valence-corrected chi connectivity index (χ0v) is 18.8. The van der Waals surface area contributed by atoms with Crippen molar-refractivity contribution in [3.05, 3.63) is 95.5 Å². The fraction of sp³-hybridized carbons (Fsp3) is 0.120. The first-order valence-electron chi connectivity index (χ1n) is 10.1. The summed E-state index contributed by atoms with van der Waals surface area (Å²) in [5, 5.41) is 8.74. The van der Waals surface area contributed by atoms with Crippen molar-refractivity contribution in [2.75, 3.05) is 24.3 Å². The molecule has 8 heteroatoms. The number of nitrogens with one attached hydrogen (secondary N) is 3. The monoisotopic (exact) mass is 465 g/mol. The zero-order valence-electron chi connectivity index (χ0n) is 18.1. The molecule has 0 aliphatic rings. The maximum atomic E-state index is 12.7. The van der Waals surface area contributed by atoms with E-state index in [1.165, 1.54) is 7.11 Å². The minimum absolute atomic E-state index is 0.271. The third kappa shape index (κ3) is 6.75. The lowest BCUT2D eigenvalue weighted by Gasteiger charge is -2.13. The van der Waals surface area contributed by atoms with Crippen molar-refractivity contribution in [1.29, 1.82) is 0 Å². The van der Waals surface area contributed by atoms with Gasteiger partial charge in [0, 0.05) is 34.1 Å². The molecule has 0 spiro atoms. The van der Waals surface area contributed by atoms with Crippen LogP contribution in [0.5, 0.6) is 11.5 Å². The van der Waals surface area contributed by atoms with Gasteiger partial charge in [-0.3, -0.25) is 4.79 Å². The van der Waals surface area contributed by atoms with Gasteiger partial charge < -0.3 is 25.4 Å². The second-order valence-electron chi connectivity index (χ2n) is 6.90. The van der Waals surface area contributed by atoms with Crippen LogP contribution >= 0.6 is 11.6 Å². The van der Waals surface area contributed by atoms with Gasteiger partial charge in [-0.15, -0.1) is 6.58 Å². The van der Waals surface area contributed by atoms with E-state index in [-0.39, 0.29) is 18.5 Å². The lowest BCUT2D eigenvalue weighted by molar-refractivity contribution is 0.102. The van der Waals surface area contributed by atoms with Gasteiger partial charge in [-0.2, -0.15) is 0 Å². The Hall–Kier alpha value is -3.97. The predicted octanol–water partition coefficient (Wildman–Crippen LogP) is 5.49. The van der Waals surface area contributed by atoms with Gasteiger partial charge in [0.15, 0.2) is 11.5 Å². The molecular formula is C25H24ClN3O4. The van der Waals surface area contributed by atoms with Crippen LogP contribution in [-0.2, 0) is 6.61 Å². The van der Waals surface area contributed by atoms with E-state index in [9.17, 15) is 9.59 Å². The second kappa shape index (κ2) is 11.6. The van der Waals surface area contributed by atoms with Crippen LogP contribution in [0, 0.1) is 0 Å². The Kier molecular flexibility index (Phi) is 8.32. The van der Waals surface area contributed by atoms with Crippen LogP contribution in [0.15, 0.2) is 79.4 Å². The molecule has 0 aromatic heterocycles. The maximum absolute atomic E-state index is 12.7. The molecule has 33 heavy (non-hydrogen) atoms. The van der Waals surface area contributed by atoms with Gasteiger partial charge in [0.25, 0.3) is 5.91 Å². The van der Waals surface area contributed by atoms with Crippen molar-refractivity contribution < 1.29 is 19.1 Å². The van der Waals surface area contributed by atoms with E-state index in [0.717, 1.165) is 5.56 Å². The number of hydrogen-bond acceptors (Lipinski definition) is 4. The quantitative estimate of drug-likeness (QED) is 0.365. The Morgan fingerprint density at radius 1 is 0.970 bits per heavy atom. The number of carbonyl (C=O) groups is 2. The SMILES string of the molecule is C=CCNC(=O)Nc1ccc(NC(=O)c2ccc(OCc3ccccc3Cl)c(OC)c2)cc1. The van der Waals surface area contributed by atoms with E-state index >= 15 is 0 Å². The van der Waals surface area contributed by atoms with Crippen molar-refractivity contribution in [2.24, 2.45) is 0 Å². The highest BCUT2D eigenvalue weighted by Crippen LogP contribution is 2.30. The van der Waals surface area contributed by atoms with Crippen molar-refractivity contribution in [2.45, 2.75) is 6.61 Å². The van der Waals surface area contributed by atoms with Crippen molar-refractivity contribution in [3.63, 3.8) is 0 Å². The molecule has 0 radical (unpaired) electrons. The molecule has 0 aliphatic heterocycles. The summed E-state index contributed by atoms with van der Waals surface area (Å²) in [6, 6.07) is 18.8. The van der Waals surface area contributed by atoms with Crippen molar-refractivity contribution in [1.82, 2.24) is 5.32 Å². The Morgan fingerprint density at radius 2 is 1.67 bits per heavy atom.